The van der Waals surface area contributed by atoms with Crippen LogP contribution in [0.3, 0.4) is 0 Å². The minimum absolute atomic E-state index is 0.0770. The molecule has 32 heavy (non-hydrogen) atoms. The molecule has 0 spiro atoms. The Balaban J connectivity index is 1.39. The minimum Gasteiger partial charge on any atom is -0.454 e. The fraction of sp³-hybridized carbons (Fsp3) is 0.261. The number of fused-ring (bicyclic) bond motifs is 2. The fourth-order valence-corrected chi connectivity index (χ4v) is 5.55. The molecule has 0 bridgehead atoms. The van der Waals surface area contributed by atoms with Crippen molar-refractivity contribution in [3.8, 4) is 17.2 Å². The van der Waals surface area contributed by atoms with Crippen molar-refractivity contribution in [1.82, 2.24) is 9.55 Å². The molecule has 0 fully saturated rings. The van der Waals surface area contributed by atoms with E-state index in [1.165, 1.54) is 11.8 Å². The average Bonchev–Trinajstić information content (AvgIpc) is 3.39. The first-order valence-corrected chi connectivity index (χ1v) is 12.1. The summed E-state index contributed by atoms with van der Waals surface area (Å²) < 4.78 is 12.3. The second kappa shape index (κ2) is 8.55. The number of nitrogens with one attached hydrogen (secondary N) is 1. The molecule has 7 nitrogen and oxygen atoms in total. The lowest BCUT2D eigenvalue weighted by atomic mass is 10.2. The minimum atomic E-state index is -0.193. The number of nitrogens with zero attached hydrogens (tertiary/aromatic N) is 2. The second-order valence-electron chi connectivity index (χ2n) is 7.68. The van der Waals surface area contributed by atoms with Gasteiger partial charge in [0.05, 0.1) is 22.0 Å². The Morgan fingerprint density at radius 2 is 2.00 bits per heavy atom. The molecular formula is C23H21N3O4S2. The summed E-state index contributed by atoms with van der Waals surface area (Å²) in [7, 11) is 0. The van der Waals surface area contributed by atoms with Crippen LogP contribution in [0.2, 0.25) is 0 Å². The summed E-state index contributed by atoms with van der Waals surface area (Å²) in [6.07, 6.45) is 0.751. The number of aromatic nitrogens is 2. The lowest BCUT2D eigenvalue weighted by Gasteiger charge is -2.14. The topological polar surface area (TPSA) is 82.5 Å². The first kappa shape index (κ1) is 21.0. The van der Waals surface area contributed by atoms with Gasteiger partial charge in [0.25, 0.3) is 5.56 Å². The van der Waals surface area contributed by atoms with Crippen molar-refractivity contribution in [2.24, 2.45) is 0 Å². The number of anilines is 1. The molecule has 1 amide bonds. The molecule has 0 aliphatic carbocycles. The quantitative estimate of drug-likeness (QED) is 0.448. The summed E-state index contributed by atoms with van der Waals surface area (Å²) in [5.74, 6) is 1.19. The predicted octanol–water partition coefficient (Wildman–Crippen LogP) is 4.04. The maximum Gasteiger partial charge on any atom is 0.272 e. The van der Waals surface area contributed by atoms with Gasteiger partial charge in [-0.2, -0.15) is 0 Å². The van der Waals surface area contributed by atoms with E-state index >= 15 is 0 Å². The lowest BCUT2D eigenvalue weighted by molar-refractivity contribution is -0.113. The standard InChI is InChI=1S/C23H21N3O4S2/c1-13-3-6-16(7-4-13)26-22(28)21-17(9-14(2)32-21)25-23(26)31-11-20(27)24-15-5-8-18-19(10-15)30-12-29-18/h3-8,10,14H,9,11-12H2,1-2H3,(H,24,27). The van der Waals surface area contributed by atoms with Gasteiger partial charge in [-0.1, -0.05) is 36.4 Å². The number of carbonyl (C=O) groups excluding carboxylic acids is 1. The summed E-state index contributed by atoms with van der Waals surface area (Å²) in [5.41, 5.74) is 3.22. The SMILES string of the molecule is Cc1ccc(-n2c(SCC(=O)Nc3ccc4c(c3)OCO4)nc3c(c2=O)SC(C)C3)cc1. The number of ether oxygens (including phenoxy) is 2. The van der Waals surface area contributed by atoms with Gasteiger partial charge in [-0.15, -0.1) is 11.8 Å². The van der Waals surface area contributed by atoms with Gasteiger partial charge in [-0.05, 0) is 31.2 Å². The van der Waals surface area contributed by atoms with Gasteiger partial charge >= 0.3 is 0 Å². The molecule has 1 atom stereocenters. The van der Waals surface area contributed by atoms with Gasteiger partial charge in [0, 0.05) is 23.4 Å². The van der Waals surface area contributed by atoms with Crippen LogP contribution in [-0.4, -0.2) is 33.3 Å². The van der Waals surface area contributed by atoms with E-state index in [1.807, 2.05) is 31.2 Å². The van der Waals surface area contributed by atoms with Gasteiger partial charge in [-0.25, -0.2) is 4.98 Å². The summed E-state index contributed by atoms with van der Waals surface area (Å²) in [4.78, 5) is 31.4. The number of benzene rings is 2. The molecule has 9 heteroatoms. The Kier molecular flexibility index (Phi) is 5.60. The van der Waals surface area contributed by atoms with Crippen LogP contribution in [0.25, 0.3) is 5.69 Å². The number of thioether (sulfide) groups is 2. The van der Waals surface area contributed by atoms with Crippen LogP contribution >= 0.6 is 23.5 Å². The molecule has 0 saturated carbocycles. The van der Waals surface area contributed by atoms with Crippen LogP contribution in [0.15, 0.2) is 57.3 Å². The highest BCUT2D eigenvalue weighted by molar-refractivity contribution is 8.00. The Labute approximate surface area is 193 Å². The van der Waals surface area contributed by atoms with Crippen LogP contribution in [-0.2, 0) is 11.2 Å². The molecule has 0 radical (unpaired) electrons. The zero-order chi connectivity index (χ0) is 22.2. The molecular weight excluding hydrogens is 446 g/mol. The average molecular weight is 468 g/mol. The van der Waals surface area contributed by atoms with Crippen molar-refractivity contribution in [2.45, 2.75) is 35.6 Å². The predicted molar refractivity (Wildman–Crippen MR) is 126 cm³/mol. The number of hydrogen-bond donors (Lipinski definition) is 1. The van der Waals surface area contributed by atoms with Crippen molar-refractivity contribution in [3.05, 3.63) is 64.1 Å². The summed E-state index contributed by atoms with van der Waals surface area (Å²) in [5, 5.41) is 3.70. The van der Waals surface area contributed by atoms with E-state index in [1.54, 1.807) is 34.5 Å². The number of hydrogen-bond acceptors (Lipinski definition) is 7. The highest BCUT2D eigenvalue weighted by Crippen LogP contribution is 2.36. The smallest absolute Gasteiger partial charge is 0.272 e. The van der Waals surface area contributed by atoms with E-state index in [9.17, 15) is 9.59 Å². The first-order chi connectivity index (χ1) is 15.5. The van der Waals surface area contributed by atoms with Crippen LogP contribution < -0.4 is 20.3 Å². The van der Waals surface area contributed by atoms with Gasteiger partial charge in [0.2, 0.25) is 12.7 Å². The van der Waals surface area contributed by atoms with Crippen LogP contribution in [0.4, 0.5) is 5.69 Å². The van der Waals surface area contributed by atoms with Crippen molar-refractivity contribution in [3.63, 3.8) is 0 Å². The first-order valence-electron chi connectivity index (χ1n) is 10.2. The van der Waals surface area contributed by atoms with E-state index in [0.29, 0.717) is 32.5 Å². The molecule has 3 heterocycles. The maximum absolute atomic E-state index is 13.3. The third-order valence-corrected chi connectivity index (χ3v) is 7.32. The number of amides is 1. The zero-order valence-corrected chi connectivity index (χ0v) is 19.2. The largest absolute Gasteiger partial charge is 0.454 e. The highest BCUT2D eigenvalue weighted by atomic mass is 32.2. The number of carbonyl (C=O) groups is 1. The van der Waals surface area contributed by atoms with Crippen molar-refractivity contribution in [1.29, 1.82) is 0 Å². The van der Waals surface area contributed by atoms with E-state index in [-0.39, 0.29) is 24.0 Å². The number of aryl methyl sites for hydroxylation is 1. The molecule has 2 aromatic carbocycles. The Morgan fingerprint density at radius 1 is 1.22 bits per heavy atom. The van der Waals surface area contributed by atoms with Crippen molar-refractivity contribution in [2.75, 3.05) is 17.9 Å². The molecule has 1 unspecified atom stereocenters. The van der Waals surface area contributed by atoms with Gasteiger partial charge in [0.1, 0.15) is 0 Å². The van der Waals surface area contributed by atoms with Gasteiger partial charge < -0.3 is 14.8 Å². The summed E-state index contributed by atoms with van der Waals surface area (Å²) in [6, 6.07) is 13.0. The Bertz CT molecular complexity index is 1260. The second-order valence-corrected chi connectivity index (χ2v) is 10.1. The van der Waals surface area contributed by atoms with E-state index in [4.69, 9.17) is 14.5 Å². The van der Waals surface area contributed by atoms with Gasteiger partial charge in [-0.3, -0.25) is 14.2 Å². The molecule has 1 N–H and O–H groups in total. The summed E-state index contributed by atoms with van der Waals surface area (Å²) >= 11 is 2.82. The molecule has 1 aromatic heterocycles. The molecule has 164 valence electrons. The third-order valence-electron chi connectivity index (χ3n) is 5.16. The normalized spacial score (nSPS) is 16.1. The van der Waals surface area contributed by atoms with E-state index < -0.39 is 0 Å². The number of rotatable bonds is 5. The van der Waals surface area contributed by atoms with Crippen molar-refractivity contribution >= 4 is 35.1 Å². The molecule has 0 saturated heterocycles. The lowest BCUT2D eigenvalue weighted by Crippen LogP contribution is -2.24. The molecule has 2 aliphatic heterocycles. The third kappa shape index (κ3) is 4.10. The highest BCUT2D eigenvalue weighted by Gasteiger charge is 2.27. The van der Waals surface area contributed by atoms with E-state index in [0.717, 1.165) is 23.4 Å². The van der Waals surface area contributed by atoms with Crippen LogP contribution in [0.1, 0.15) is 18.2 Å². The van der Waals surface area contributed by atoms with Crippen molar-refractivity contribution < 1.29 is 14.3 Å². The van der Waals surface area contributed by atoms with E-state index in [2.05, 4.69) is 12.2 Å². The fourth-order valence-electron chi connectivity index (χ4n) is 3.62. The molecule has 5 rings (SSSR count). The summed E-state index contributed by atoms with van der Waals surface area (Å²) in [6.45, 7) is 4.27. The zero-order valence-electron chi connectivity index (χ0n) is 17.6. The Hall–Kier alpha value is -2.91. The van der Waals surface area contributed by atoms with Gasteiger partial charge in [0.15, 0.2) is 16.7 Å². The molecule has 2 aliphatic rings. The molecule has 3 aromatic rings. The van der Waals surface area contributed by atoms with Crippen LogP contribution in [0.5, 0.6) is 11.5 Å². The maximum atomic E-state index is 13.3. The monoisotopic (exact) mass is 467 g/mol. The van der Waals surface area contributed by atoms with Crippen LogP contribution in [0, 0.1) is 6.92 Å². The Morgan fingerprint density at radius 3 is 2.81 bits per heavy atom.